The van der Waals surface area contributed by atoms with Crippen LogP contribution in [0.15, 0.2) is 60.7 Å². The van der Waals surface area contributed by atoms with E-state index in [9.17, 15) is 19.5 Å². The Labute approximate surface area is 265 Å². The number of fused-ring (bicyclic) bond motifs is 1. The summed E-state index contributed by atoms with van der Waals surface area (Å²) in [5.74, 6) is -0.487. The van der Waals surface area contributed by atoms with Gasteiger partial charge in [-0.1, -0.05) is 61.7 Å². The first-order valence-corrected chi connectivity index (χ1v) is 16.2. The molecule has 0 bridgehead atoms. The smallest absolute Gasteiger partial charge is 0.407 e. The van der Waals surface area contributed by atoms with Crippen LogP contribution in [0.2, 0.25) is 0 Å². The number of hydrogen-bond acceptors (Lipinski definition) is 5. The number of aryl methyl sites for hydroxylation is 1. The molecule has 0 saturated heterocycles. The van der Waals surface area contributed by atoms with Crippen molar-refractivity contribution in [2.75, 3.05) is 18.1 Å². The van der Waals surface area contributed by atoms with E-state index in [1.807, 2.05) is 53.4 Å². The highest BCUT2D eigenvalue weighted by atomic mass is 16.5. The van der Waals surface area contributed by atoms with Crippen LogP contribution in [-0.2, 0) is 27.4 Å². The molecule has 0 unspecified atom stereocenters. The Morgan fingerprint density at radius 3 is 2.60 bits per heavy atom. The lowest BCUT2D eigenvalue weighted by atomic mass is 9.91. The average Bonchev–Trinajstić information content (AvgIpc) is 3.29. The quantitative estimate of drug-likeness (QED) is 0.183. The molecule has 0 radical (unpaired) electrons. The summed E-state index contributed by atoms with van der Waals surface area (Å²) in [5.41, 5.74) is 7.32. The molecule has 0 aromatic heterocycles. The second kappa shape index (κ2) is 15.1. The van der Waals surface area contributed by atoms with E-state index in [1.54, 1.807) is 0 Å². The van der Waals surface area contributed by atoms with Crippen LogP contribution < -0.4 is 15.0 Å². The van der Waals surface area contributed by atoms with Crippen molar-refractivity contribution in [3.05, 3.63) is 82.9 Å². The monoisotopic (exact) mass is 612 g/mol. The lowest BCUT2D eigenvalue weighted by Gasteiger charge is -2.31. The maximum absolute atomic E-state index is 13.3. The minimum absolute atomic E-state index is 0.0773. The van der Waals surface area contributed by atoms with Crippen LogP contribution >= 0.6 is 0 Å². The number of nitrogens with one attached hydrogen (secondary N) is 1. The summed E-state index contributed by atoms with van der Waals surface area (Å²) in [5, 5.41) is 12.4. The van der Waals surface area contributed by atoms with Crippen molar-refractivity contribution in [1.82, 2.24) is 5.32 Å². The molecule has 1 heterocycles. The summed E-state index contributed by atoms with van der Waals surface area (Å²) in [6, 6.07) is 19.6. The van der Waals surface area contributed by atoms with Crippen LogP contribution in [0.5, 0.6) is 5.75 Å². The highest BCUT2D eigenvalue weighted by Crippen LogP contribution is 2.36. The lowest BCUT2D eigenvalue weighted by molar-refractivity contribution is -0.142. The van der Waals surface area contributed by atoms with Crippen LogP contribution in [-0.4, -0.2) is 42.3 Å². The zero-order valence-electron chi connectivity index (χ0n) is 26.3. The SMILES string of the molecule is Cc1cccc(OCCCC(=O)N2CCCc3c(-c4cccc(COC(=O)N[C@H]5CCCCC[C@H]5C(=O)O)c4)cccc32)c1C. The topological polar surface area (TPSA) is 105 Å². The summed E-state index contributed by atoms with van der Waals surface area (Å²) >= 11 is 0. The normalized spacial score (nSPS) is 18.0. The molecule has 2 amide bonds. The number of nitrogens with zero attached hydrogens (tertiary/aromatic N) is 1. The molecule has 2 atom stereocenters. The van der Waals surface area contributed by atoms with Gasteiger partial charge in [-0.3, -0.25) is 9.59 Å². The predicted octanol–water partition coefficient (Wildman–Crippen LogP) is 7.37. The molecule has 3 aromatic rings. The fraction of sp³-hybridized carbons (Fsp3) is 0.432. The fourth-order valence-electron chi connectivity index (χ4n) is 6.52. The Morgan fingerprint density at radius 1 is 0.956 bits per heavy atom. The fourth-order valence-corrected chi connectivity index (χ4v) is 6.52. The van der Waals surface area contributed by atoms with Gasteiger partial charge in [-0.2, -0.15) is 0 Å². The van der Waals surface area contributed by atoms with Crippen LogP contribution in [0.3, 0.4) is 0 Å². The van der Waals surface area contributed by atoms with Gasteiger partial charge in [0, 0.05) is 24.7 Å². The number of alkyl carbamates (subject to hydrolysis) is 1. The molecule has 8 heteroatoms. The molecule has 238 valence electrons. The van der Waals surface area contributed by atoms with Gasteiger partial charge in [-0.15, -0.1) is 0 Å². The molecule has 45 heavy (non-hydrogen) atoms. The molecule has 5 rings (SSSR count). The van der Waals surface area contributed by atoms with Gasteiger partial charge in [0.1, 0.15) is 12.4 Å². The number of carbonyl (C=O) groups is 3. The zero-order valence-corrected chi connectivity index (χ0v) is 26.3. The average molecular weight is 613 g/mol. The van der Waals surface area contributed by atoms with Gasteiger partial charge >= 0.3 is 12.1 Å². The van der Waals surface area contributed by atoms with Gasteiger partial charge < -0.3 is 24.8 Å². The Balaban J connectivity index is 1.20. The highest BCUT2D eigenvalue weighted by molar-refractivity contribution is 5.96. The third-order valence-electron chi connectivity index (χ3n) is 9.14. The number of carbonyl (C=O) groups excluding carboxylic acids is 2. The van der Waals surface area contributed by atoms with Crippen LogP contribution in [0.25, 0.3) is 11.1 Å². The molecule has 8 nitrogen and oxygen atoms in total. The molecular weight excluding hydrogens is 568 g/mol. The van der Waals surface area contributed by atoms with Crippen LogP contribution in [0.4, 0.5) is 10.5 Å². The molecule has 1 aliphatic carbocycles. The van der Waals surface area contributed by atoms with E-state index in [4.69, 9.17) is 9.47 Å². The summed E-state index contributed by atoms with van der Waals surface area (Å²) < 4.78 is 11.5. The molecule has 3 aromatic carbocycles. The van der Waals surface area contributed by atoms with Crippen LogP contribution in [0, 0.1) is 19.8 Å². The second-order valence-corrected chi connectivity index (χ2v) is 12.2. The van der Waals surface area contributed by atoms with E-state index >= 15 is 0 Å². The van der Waals surface area contributed by atoms with Crippen LogP contribution in [0.1, 0.15) is 73.6 Å². The highest BCUT2D eigenvalue weighted by Gasteiger charge is 2.31. The number of hydrogen-bond donors (Lipinski definition) is 2. The van der Waals surface area contributed by atoms with Crippen molar-refractivity contribution in [2.24, 2.45) is 5.92 Å². The van der Waals surface area contributed by atoms with E-state index in [-0.39, 0.29) is 12.5 Å². The zero-order chi connectivity index (χ0) is 31.8. The number of carboxylic acids is 1. The molecule has 1 fully saturated rings. The van der Waals surface area contributed by atoms with E-state index in [0.29, 0.717) is 38.8 Å². The van der Waals surface area contributed by atoms with Gasteiger partial charge in [0.15, 0.2) is 0 Å². The maximum Gasteiger partial charge on any atom is 0.407 e. The molecule has 2 N–H and O–H groups in total. The maximum atomic E-state index is 13.3. The molecule has 2 aliphatic rings. The van der Waals surface area contributed by atoms with Crippen molar-refractivity contribution in [3.63, 3.8) is 0 Å². The minimum Gasteiger partial charge on any atom is -0.493 e. The van der Waals surface area contributed by atoms with Crippen molar-refractivity contribution < 1.29 is 29.0 Å². The third kappa shape index (κ3) is 8.04. The number of anilines is 1. The van der Waals surface area contributed by atoms with E-state index in [2.05, 4.69) is 31.3 Å². The number of aliphatic carboxylic acids is 1. The molecular formula is C37H44N2O6. The number of benzene rings is 3. The Kier molecular flexibility index (Phi) is 10.8. The first-order valence-electron chi connectivity index (χ1n) is 16.2. The standard InChI is InChI=1S/C37H44N2O6/c1-25-11-6-19-34(26(25)2)44-22-10-20-35(40)39-21-9-16-30-29(15-8-18-33(30)39)28-13-7-12-27(23-28)24-45-37(43)38-32-17-5-3-4-14-31(32)36(41)42/h6-8,11-13,15,18-19,23,31-32H,3-5,9-10,14,16-17,20-22,24H2,1-2H3,(H,38,43)(H,41,42)/t31-,32+/m1/s1. The second-order valence-electron chi connectivity index (χ2n) is 12.2. The van der Waals surface area contributed by atoms with Gasteiger partial charge in [-0.05, 0) is 97.5 Å². The third-order valence-corrected chi connectivity index (χ3v) is 9.14. The first kappa shape index (κ1) is 32.1. The summed E-state index contributed by atoms with van der Waals surface area (Å²) in [6.45, 7) is 5.38. The van der Waals surface area contributed by atoms with Gasteiger partial charge in [0.05, 0.1) is 12.5 Å². The van der Waals surface area contributed by atoms with Gasteiger partial charge in [0.25, 0.3) is 0 Å². The van der Waals surface area contributed by atoms with Gasteiger partial charge in [0.2, 0.25) is 5.91 Å². The van der Waals surface area contributed by atoms with E-state index in [1.165, 1.54) is 5.56 Å². The number of carboxylic acid groups (broad SMARTS) is 1. The minimum atomic E-state index is -0.872. The first-order chi connectivity index (χ1) is 21.8. The number of ether oxygens (including phenoxy) is 2. The number of amides is 2. The lowest BCUT2D eigenvalue weighted by Crippen LogP contribution is -2.43. The van der Waals surface area contributed by atoms with Gasteiger partial charge in [-0.25, -0.2) is 4.79 Å². The van der Waals surface area contributed by atoms with Crippen molar-refractivity contribution in [1.29, 1.82) is 0 Å². The summed E-state index contributed by atoms with van der Waals surface area (Å²) in [4.78, 5) is 39.6. The Morgan fingerprint density at radius 2 is 1.76 bits per heavy atom. The number of rotatable bonds is 10. The van der Waals surface area contributed by atoms with Crippen molar-refractivity contribution in [2.45, 2.75) is 84.3 Å². The predicted molar refractivity (Wildman–Crippen MR) is 175 cm³/mol. The molecule has 0 spiro atoms. The Bertz CT molecular complexity index is 1520. The summed E-state index contributed by atoms with van der Waals surface area (Å²) in [7, 11) is 0. The molecule has 1 aliphatic heterocycles. The molecule has 1 saturated carbocycles. The van der Waals surface area contributed by atoms with Crippen molar-refractivity contribution in [3.8, 4) is 16.9 Å². The largest absolute Gasteiger partial charge is 0.493 e. The van der Waals surface area contributed by atoms with E-state index in [0.717, 1.165) is 71.4 Å². The summed E-state index contributed by atoms with van der Waals surface area (Å²) in [6.07, 6.45) is 6.15. The van der Waals surface area contributed by atoms with E-state index < -0.39 is 24.0 Å². The Hall–Kier alpha value is -4.33. The van der Waals surface area contributed by atoms with Crippen molar-refractivity contribution >= 4 is 23.7 Å².